The Balaban J connectivity index is 1.34. The number of piperidine rings is 1. The van der Waals surface area contributed by atoms with Crippen molar-refractivity contribution in [2.75, 3.05) is 41.9 Å². The van der Waals surface area contributed by atoms with Gasteiger partial charge in [-0.25, -0.2) is 4.98 Å². The van der Waals surface area contributed by atoms with E-state index in [-0.39, 0.29) is 0 Å². The van der Waals surface area contributed by atoms with Crippen molar-refractivity contribution in [1.29, 1.82) is 0 Å². The van der Waals surface area contributed by atoms with Gasteiger partial charge >= 0.3 is 0 Å². The van der Waals surface area contributed by atoms with E-state index in [1.54, 1.807) is 0 Å². The number of hydrogen-bond acceptors (Lipinski definition) is 6. The first-order valence-corrected chi connectivity index (χ1v) is 12.1. The Bertz CT molecular complexity index is 1140. The van der Waals surface area contributed by atoms with Crippen LogP contribution in [0, 0.1) is 6.92 Å². The lowest BCUT2D eigenvalue weighted by Gasteiger charge is -2.37. The van der Waals surface area contributed by atoms with Crippen LogP contribution in [0.5, 0.6) is 0 Å². The Labute approximate surface area is 204 Å². The van der Waals surface area contributed by atoms with Gasteiger partial charge in [0.05, 0.1) is 22.4 Å². The summed E-state index contributed by atoms with van der Waals surface area (Å²) in [5.74, 6) is 2.15. The van der Waals surface area contributed by atoms with Gasteiger partial charge in [-0.15, -0.1) is 0 Å². The Kier molecular flexibility index (Phi) is 6.32. The van der Waals surface area contributed by atoms with Crippen LogP contribution in [-0.4, -0.2) is 36.8 Å². The molecule has 2 N–H and O–H groups in total. The average Bonchev–Trinajstić information content (AvgIpc) is 2.80. The first kappa shape index (κ1) is 22.3. The number of aromatic nitrogens is 2. The van der Waals surface area contributed by atoms with Crippen LogP contribution < -0.4 is 20.4 Å². The van der Waals surface area contributed by atoms with Crippen LogP contribution in [0.4, 0.5) is 23.1 Å². The number of halogens is 2. The minimum atomic E-state index is 0.596. The predicted octanol–water partition coefficient (Wildman–Crippen LogP) is 5.72. The maximum absolute atomic E-state index is 6.44. The van der Waals surface area contributed by atoms with Crippen LogP contribution in [0.3, 0.4) is 0 Å². The third kappa shape index (κ3) is 4.60. The van der Waals surface area contributed by atoms with Gasteiger partial charge in [0.15, 0.2) is 0 Å². The second-order valence-electron chi connectivity index (χ2n) is 8.87. The van der Waals surface area contributed by atoms with E-state index in [1.165, 1.54) is 24.0 Å². The van der Waals surface area contributed by atoms with Gasteiger partial charge in [0.1, 0.15) is 5.82 Å². The topological polar surface area (TPSA) is 56.3 Å². The van der Waals surface area contributed by atoms with Gasteiger partial charge in [0.2, 0.25) is 5.95 Å². The highest BCUT2D eigenvalue weighted by atomic mass is 35.5. The van der Waals surface area contributed by atoms with Gasteiger partial charge in [0.25, 0.3) is 0 Å². The molecule has 0 atom stereocenters. The molecule has 172 valence electrons. The highest BCUT2D eigenvalue weighted by Gasteiger charge is 2.25. The molecule has 0 radical (unpaired) electrons. The number of para-hydroxylation sites is 1. The molecule has 0 amide bonds. The molecule has 5 rings (SSSR count). The van der Waals surface area contributed by atoms with E-state index in [0.29, 0.717) is 35.1 Å². The zero-order valence-corrected chi connectivity index (χ0v) is 20.4. The van der Waals surface area contributed by atoms with Crippen molar-refractivity contribution in [2.45, 2.75) is 32.2 Å². The summed E-state index contributed by atoms with van der Waals surface area (Å²) >= 11 is 12.9. The summed E-state index contributed by atoms with van der Waals surface area (Å²) in [6.07, 6.45) is 4.28. The molecule has 2 aromatic carbocycles. The zero-order valence-electron chi connectivity index (χ0n) is 18.9. The standard InChI is InChI=1S/C25H28Cl2N6/c1-16-12-19(6-7-20(16)17-8-10-28-11-9-17)30-25-29-13-18-14-33(15-32(2)24(18)31-25)23-21(26)4-3-5-22(23)27/h3-7,12-13,17,28H,8-11,14-15H2,1-2H3,(H,29,30,31). The summed E-state index contributed by atoms with van der Waals surface area (Å²) in [6.45, 7) is 5.67. The Hall–Kier alpha value is -2.54. The highest BCUT2D eigenvalue weighted by Crippen LogP contribution is 2.37. The summed E-state index contributed by atoms with van der Waals surface area (Å²) in [7, 11) is 2.02. The van der Waals surface area contributed by atoms with E-state index < -0.39 is 0 Å². The second-order valence-corrected chi connectivity index (χ2v) is 9.69. The number of nitrogens with zero attached hydrogens (tertiary/aromatic N) is 4. The smallest absolute Gasteiger partial charge is 0.229 e. The molecule has 2 aliphatic rings. The monoisotopic (exact) mass is 482 g/mol. The van der Waals surface area contributed by atoms with E-state index in [9.17, 15) is 0 Å². The van der Waals surface area contributed by atoms with Crippen molar-refractivity contribution in [3.8, 4) is 0 Å². The quantitative estimate of drug-likeness (QED) is 0.496. The first-order chi connectivity index (χ1) is 16.0. The average molecular weight is 483 g/mol. The van der Waals surface area contributed by atoms with Crippen LogP contribution in [0.1, 0.15) is 35.4 Å². The summed E-state index contributed by atoms with van der Waals surface area (Å²) in [6, 6.07) is 12.2. The molecule has 3 aromatic rings. The molecule has 3 heterocycles. The van der Waals surface area contributed by atoms with Crippen molar-refractivity contribution in [1.82, 2.24) is 15.3 Å². The maximum Gasteiger partial charge on any atom is 0.229 e. The fraction of sp³-hybridized carbons (Fsp3) is 0.360. The molecule has 1 aromatic heterocycles. The molecule has 8 heteroatoms. The van der Waals surface area contributed by atoms with E-state index >= 15 is 0 Å². The summed E-state index contributed by atoms with van der Waals surface area (Å²) < 4.78 is 0. The molecular weight excluding hydrogens is 455 g/mol. The number of fused-ring (bicyclic) bond motifs is 1. The van der Waals surface area contributed by atoms with Crippen molar-refractivity contribution in [3.05, 3.63) is 69.3 Å². The minimum Gasteiger partial charge on any atom is -0.347 e. The van der Waals surface area contributed by atoms with E-state index in [2.05, 4.69) is 50.5 Å². The number of nitrogens with one attached hydrogen (secondary N) is 2. The second kappa shape index (κ2) is 9.37. The van der Waals surface area contributed by atoms with Gasteiger partial charge in [-0.05, 0) is 74.2 Å². The van der Waals surface area contributed by atoms with Crippen LogP contribution in [0.15, 0.2) is 42.6 Å². The van der Waals surface area contributed by atoms with Gasteiger partial charge in [-0.3, -0.25) is 0 Å². The molecule has 6 nitrogen and oxygen atoms in total. The molecular formula is C25H28Cl2N6. The lowest BCUT2D eigenvalue weighted by Crippen LogP contribution is -2.41. The molecule has 33 heavy (non-hydrogen) atoms. The number of benzene rings is 2. The van der Waals surface area contributed by atoms with Crippen molar-refractivity contribution < 1.29 is 0 Å². The fourth-order valence-electron chi connectivity index (χ4n) is 4.89. The molecule has 0 aliphatic carbocycles. The Morgan fingerprint density at radius 3 is 2.58 bits per heavy atom. The van der Waals surface area contributed by atoms with E-state index in [4.69, 9.17) is 28.2 Å². The lowest BCUT2D eigenvalue weighted by atomic mass is 9.87. The largest absolute Gasteiger partial charge is 0.347 e. The highest BCUT2D eigenvalue weighted by molar-refractivity contribution is 6.39. The molecule has 0 spiro atoms. The third-order valence-corrected chi connectivity index (χ3v) is 7.12. The summed E-state index contributed by atoms with van der Waals surface area (Å²) in [5.41, 5.74) is 5.64. The summed E-state index contributed by atoms with van der Waals surface area (Å²) in [4.78, 5) is 13.6. The molecule has 1 saturated heterocycles. The Morgan fingerprint density at radius 2 is 1.85 bits per heavy atom. The first-order valence-electron chi connectivity index (χ1n) is 11.3. The van der Waals surface area contributed by atoms with E-state index in [1.807, 2.05) is 31.4 Å². The van der Waals surface area contributed by atoms with Crippen molar-refractivity contribution in [3.63, 3.8) is 0 Å². The van der Waals surface area contributed by atoms with Crippen LogP contribution in [-0.2, 0) is 6.54 Å². The number of rotatable bonds is 4. The predicted molar refractivity (Wildman–Crippen MR) is 137 cm³/mol. The number of aryl methyl sites for hydroxylation is 1. The SMILES string of the molecule is Cc1cc(Nc2ncc3c(n2)N(C)CN(c2c(Cl)cccc2Cl)C3)ccc1C1CCNCC1. The lowest BCUT2D eigenvalue weighted by molar-refractivity contribution is 0.459. The molecule has 1 fully saturated rings. The van der Waals surface area contributed by atoms with Crippen LogP contribution >= 0.6 is 23.2 Å². The van der Waals surface area contributed by atoms with Crippen LogP contribution in [0.25, 0.3) is 0 Å². The normalized spacial score (nSPS) is 16.6. The zero-order chi connectivity index (χ0) is 22.9. The third-order valence-electron chi connectivity index (χ3n) is 6.51. The fourth-order valence-corrected chi connectivity index (χ4v) is 5.53. The molecule has 0 saturated carbocycles. The number of anilines is 4. The van der Waals surface area contributed by atoms with Crippen LogP contribution in [0.2, 0.25) is 10.0 Å². The molecule has 0 bridgehead atoms. The minimum absolute atomic E-state index is 0.596. The van der Waals surface area contributed by atoms with Gasteiger partial charge in [-0.1, -0.05) is 35.3 Å². The molecule has 2 aliphatic heterocycles. The summed E-state index contributed by atoms with van der Waals surface area (Å²) in [5, 5.41) is 8.12. The van der Waals surface area contributed by atoms with Gasteiger partial charge < -0.3 is 20.4 Å². The van der Waals surface area contributed by atoms with Gasteiger partial charge in [0, 0.05) is 31.0 Å². The number of hydrogen-bond donors (Lipinski definition) is 2. The van der Waals surface area contributed by atoms with Crippen molar-refractivity contribution in [2.24, 2.45) is 0 Å². The maximum atomic E-state index is 6.44. The molecule has 0 unspecified atom stereocenters. The van der Waals surface area contributed by atoms with E-state index in [0.717, 1.165) is 35.8 Å². The van der Waals surface area contributed by atoms with Gasteiger partial charge in [-0.2, -0.15) is 4.98 Å². The Morgan fingerprint density at radius 1 is 1.09 bits per heavy atom. The van der Waals surface area contributed by atoms with Crippen molar-refractivity contribution >= 4 is 46.3 Å².